The second kappa shape index (κ2) is 4.26. The predicted molar refractivity (Wildman–Crippen MR) is 84.4 cm³/mol. The van der Waals surface area contributed by atoms with Crippen LogP contribution >= 0.6 is 0 Å². The standard InChI is InChI=1S/C14H12B4/c1-5-6(2)12(16)10-9(11(5)15)13(17)7(3)8(4)14(10)18/h1-4H3. The molecule has 2 aromatic rings. The summed E-state index contributed by atoms with van der Waals surface area (Å²) in [6.07, 6.45) is 0. The average Bonchev–Trinajstić information content (AvgIpc) is 2.35. The van der Waals surface area contributed by atoms with E-state index < -0.39 is 0 Å². The summed E-state index contributed by atoms with van der Waals surface area (Å²) < 4.78 is 0. The zero-order valence-corrected chi connectivity index (χ0v) is 11.3. The maximum Gasteiger partial charge on any atom is 0.115 e. The Morgan fingerprint density at radius 1 is 0.444 bits per heavy atom. The highest BCUT2D eigenvalue weighted by atomic mass is 14.1. The monoisotopic (exact) mass is 224 g/mol. The lowest BCUT2D eigenvalue weighted by Crippen LogP contribution is -2.33. The van der Waals surface area contributed by atoms with Gasteiger partial charge in [0.2, 0.25) is 0 Å². The number of rotatable bonds is 0. The summed E-state index contributed by atoms with van der Waals surface area (Å²) in [6.45, 7) is 7.80. The summed E-state index contributed by atoms with van der Waals surface area (Å²) in [6, 6.07) is 0. The first kappa shape index (κ1) is 13.4. The zero-order valence-electron chi connectivity index (χ0n) is 11.3. The van der Waals surface area contributed by atoms with Crippen molar-refractivity contribution in [3.63, 3.8) is 0 Å². The van der Waals surface area contributed by atoms with Gasteiger partial charge in [0.1, 0.15) is 31.4 Å². The van der Waals surface area contributed by atoms with Crippen LogP contribution in [0.25, 0.3) is 10.8 Å². The van der Waals surface area contributed by atoms with E-state index in [-0.39, 0.29) is 0 Å². The summed E-state index contributed by atoms with van der Waals surface area (Å²) in [5.74, 6) is 0. The largest absolute Gasteiger partial charge is 0.115 e. The molecule has 0 fully saturated rings. The van der Waals surface area contributed by atoms with E-state index >= 15 is 0 Å². The van der Waals surface area contributed by atoms with Crippen molar-refractivity contribution in [3.05, 3.63) is 22.3 Å². The van der Waals surface area contributed by atoms with Gasteiger partial charge in [0.05, 0.1) is 0 Å². The van der Waals surface area contributed by atoms with Gasteiger partial charge in [-0.05, 0) is 38.5 Å². The molecule has 0 N–H and O–H groups in total. The third-order valence-electron chi connectivity index (χ3n) is 4.07. The summed E-state index contributed by atoms with van der Waals surface area (Å²) in [5.41, 5.74) is 6.55. The molecule has 0 aliphatic carbocycles. The Morgan fingerprint density at radius 2 is 0.611 bits per heavy atom. The molecule has 2 aromatic carbocycles. The smallest absolute Gasteiger partial charge is 0.0865 e. The average molecular weight is 223 g/mol. The van der Waals surface area contributed by atoms with Crippen molar-refractivity contribution in [2.24, 2.45) is 0 Å². The molecule has 0 nitrogen and oxygen atoms in total. The van der Waals surface area contributed by atoms with Gasteiger partial charge in [0.15, 0.2) is 0 Å². The van der Waals surface area contributed by atoms with Crippen molar-refractivity contribution >= 4 is 64.0 Å². The number of fused-ring (bicyclic) bond motifs is 1. The predicted octanol–water partition coefficient (Wildman–Crippen LogP) is -0.751. The van der Waals surface area contributed by atoms with Crippen LogP contribution in [0.5, 0.6) is 0 Å². The lowest BCUT2D eigenvalue weighted by Gasteiger charge is -2.22. The second-order valence-corrected chi connectivity index (χ2v) is 4.90. The molecule has 0 aliphatic heterocycles. The summed E-state index contributed by atoms with van der Waals surface area (Å²) in [4.78, 5) is 0. The third-order valence-corrected chi connectivity index (χ3v) is 4.07. The Bertz CT molecular complexity index is 559. The molecule has 0 spiro atoms. The normalized spacial score (nSPS) is 11.1. The molecule has 0 aliphatic rings. The summed E-state index contributed by atoms with van der Waals surface area (Å²) in [7, 11) is 24.7. The number of hydrogen-bond donors (Lipinski definition) is 0. The maximum absolute atomic E-state index is 6.19. The van der Waals surface area contributed by atoms with Crippen molar-refractivity contribution in [2.75, 3.05) is 0 Å². The molecule has 0 saturated carbocycles. The van der Waals surface area contributed by atoms with Crippen LogP contribution in [-0.2, 0) is 0 Å². The van der Waals surface area contributed by atoms with Crippen molar-refractivity contribution in [1.82, 2.24) is 0 Å². The van der Waals surface area contributed by atoms with Gasteiger partial charge >= 0.3 is 0 Å². The quantitative estimate of drug-likeness (QED) is 0.516. The van der Waals surface area contributed by atoms with Crippen LogP contribution in [0.4, 0.5) is 0 Å². The summed E-state index contributed by atoms with van der Waals surface area (Å²) >= 11 is 0. The molecule has 80 valence electrons. The van der Waals surface area contributed by atoms with Crippen LogP contribution in [-0.4, -0.2) is 31.4 Å². The van der Waals surface area contributed by atoms with Gasteiger partial charge in [-0.25, -0.2) is 0 Å². The van der Waals surface area contributed by atoms with Gasteiger partial charge in [0.25, 0.3) is 0 Å². The molecule has 0 unspecified atom stereocenters. The van der Waals surface area contributed by atoms with E-state index in [4.69, 9.17) is 31.4 Å². The first-order valence-electron chi connectivity index (χ1n) is 5.90. The van der Waals surface area contributed by atoms with E-state index in [2.05, 4.69) is 0 Å². The molecule has 18 heavy (non-hydrogen) atoms. The molecule has 0 saturated heterocycles. The molecular formula is C14H12B4. The lowest BCUT2D eigenvalue weighted by molar-refractivity contribution is 1.39. The second-order valence-electron chi connectivity index (χ2n) is 4.90. The summed E-state index contributed by atoms with van der Waals surface area (Å²) in [5, 5.41) is 1.58. The van der Waals surface area contributed by atoms with Gasteiger partial charge in [-0.3, -0.25) is 0 Å². The zero-order chi connectivity index (χ0) is 13.8. The van der Waals surface area contributed by atoms with Gasteiger partial charge in [-0.15, -0.1) is 0 Å². The third kappa shape index (κ3) is 1.58. The van der Waals surface area contributed by atoms with E-state index in [0.29, 0.717) is 21.9 Å². The molecule has 0 amide bonds. The van der Waals surface area contributed by atoms with Gasteiger partial charge < -0.3 is 0 Å². The highest BCUT2D eigenvalue weighted by Gasteiger charge is 2.14. The number of hydrogen-bond acceptors (Lipinski definition) is 0. The van der Waals surface area contributed by atoms with E-state index in [1.165, 1.54) is 0 Å². The topological polar surface area (TPSA) is 0 Å². The van der Waals surface area contributed by atoms with Crippen LogP contribution < -0.4 is 21.9 Å². The van der Waals surface area contributed by atoms with E-state index in [0.717, 1.165) is 33.0 Å². The van der Waals surface area contributed by atoms with Crippen LogP contribution in [0, 0.1) is 27.7 Å². The first-order chi connectivity index (χ1) is 8.29. The minimum atomic E-state index is 0.670. The van der Waals surface area contributed by atoms with Crippen LogP contribution in [0.3, 0.4) is 0 Å². The van der Waals surface area contributed by atoms with E-state index in [1.54, 1.807) is 0 Å². The van der Waals surface area contributed by atoms with Crippen molar-refractivity contribution < 1.29 is 0 Å². The fourth-order valence-corrected chi connectivity index (χ4v) is 2.39. The fraction of sp³-hybridized carbons (Fsp3) is 0.286. The highest BCUT2D eigenvalue weighted by Crippen LogP contribution is 2.14. The van der Waals surface area contributed by atoms with Gasteiger partial charge in [-0.2, -0.15) is 0 Å². The van der Waals surface area contributed by atoms with E-state index in [1.807, 2.05) is 27.7 Å². The van der Waals surface area contributed by atoms with Crippen molar-refractivity contribution in [3.8, 4) is 0 Å². The van der Waals surface area contributed by atoms with Crippen molar-refractivity contribution in [2.45, 2.75) is 27.7 Å². The molecule has 0 atom stereocenters. The van der Waals surface area contributed by atoms with Crippen LogP contribution in [0.1, 0.15) is 22.3 Å². The highest BCUT2D eigenvalue weighted by molar-refractivity contribution is 6.57. The Hall–Kier alpha value is -1.04. The molecule has 0 heterocycles. The first-order valence-corrected chi connectivity index (χ1v) is 5.90. The minimum absolute atomic E-state index is 0.670. The molecule has 2 rings (SSSR count). The molecule has 8 radical (unpaired) electrons. The van der Waals surface area contributed by atoms with Crippen molar-refractivity contribution in [1.29, 1.82) is 0 Å². The Balaban J connectivity index is 3.22. The Morgan fingerprint density at radius 3 is 0.778 bits per heavy atom. The molecule has 0 aromatic heterocycles. The van der Waals surface area contributed by atoms with Crippen LogP contribution in [0.2, 0.25) is 0 Å². The lowest BCUT2D eigenvalue weighted by atomic mass is 9.67. The van der Waals surface area contributed by atoms with Gasteiger partial charge in [-0.1, -0.05) is 44.1 Å². The fourth-order valence-electron chi connectivity index (χ4n) is 2.39. The van der Waals surface area contributed by atoms with Crippen LogP contribution in [0.15, 0.2) is 0 Å². The Kier molecular flexibility index (Phi) is 3.17. The molecule has 0 bridgehead atoms. The number of benzene rings is 2. The SMILES string of the molecule is [B]c1c(C)c(C)c([B])c2c([B])c(C)c(C)c([B])c12. The van der Waals surface area contributed by atoms with E-state index in [9.17, 15) is 0 Å². The maximum atomic E-state index is 6.19. The Labute approximate surface area is 114 Å². The van der Waals surface area contributed by atoms with Gasteiger partial charge in [0, 0.05) is 0 Å². The molecular weight excluding hydrogens is 211 g/mol. The molecule has 4 heteroatoms. The minimum Gasteiger partial charge on any atom is -0.0865 e.